The molecule has 2 unspecified atom stereocenters. The minimum Gasteiger partial charge on any atom is -0.368 e. The van der Waals surface area contributed by atoms with E-state index in [4.69, 9.17) is 5.73 Å². The summed E-state index contributed by atoms with van der Waals surface area (Å²) in [5.41, 5.74) is 5.25. The zero-order chi connectivity index (χ0) is 10.7. The van der Waals surface area contributed by atoms with Gasteiger partial charge in [-0.3, -0.25) is 9.48 Å². The number of likely N-dealkylation sites (N-methyl/N-ethyl adjacent to an activating group) is 1. The summed E-state index contributed by atoms with van der Waals surface area (Å²) in [6, 6.07) is -0.480. The molecule has 0 aliphatic carbocycles. The Labute approximate surface area is 96.2 Å². The first kappa shape index (κ1) is 11.4. The predicted octanol–water partition coefficient (Wildman–Crippen LogP) is 0.122. The van der Waals surface area contributed by atoms with Crippen molar-refractivity contribution in [2.45, 2.75) is 19.0 Å². The molecule has 2 atom stereocenters. The van der Waals surface area contributed by atoms with Gasteiger partial charge >= 0.3 is 0 Å². The fourth-order valence-electron chi connectivity index (χ4n) is 1.31. The Morgan fingerprint density at radius 2 is 2.43 bits per heavy atom. The molecule has 1 aromatic rings. The number of carbonyl (C=O) groups is 1. The van der Waals surface area contributed by atoms with E-state index >= 15 is 0 Å². The Hall–Kier alpha value is -0.630. The highest BCUT2D eigenvalue weighted by molar-refractivity contribution is 14.1. The highest BCUT2D eigenvalue weighted by Crippen LogP contribution is 2.11. The van der Waals surface area contributed by atoms with Crippen LogP contribution in [0.25, 0.3) is 0 Å². The maximum absolute atomic E-state index is 11.1. The van der Waals surface area contributed by atoms with Gasteiger partial charge < -0.3 is 11.1 Å². The maximum Gasteiger partial charge on any atom is 0.236 e. The molecule has 6 heteroatoms. The first-order valence-electron chi connectivity index (χ1n) is 4.22. The highest BCUT2D eigenvalue weighted by Gasteiger charge is 2.22. The van der Waals surface area contributed by atoms with Gasteiger partial charge in [0.15, 0.2) is 0 Å². The van der Waals surface area contributed by atoms with Gasteiger partial charge in [-0.1, -0.05) is 0 Å². The lowest BCUT2D eigenvalue weighted by molar-refractivity contribution is -0.120. The number of amides is 1. The fourth-order valence-corrected chi connectivity index (χ4v) is 1.72. The lowest BCUT2D eigenvalue weighted by atomic mass is 10.1. The second-order valence-electron chi connectivity index (χ2n) is 3.05. The third-order valence-corrected chi connectivity index (χ3v) is 2.64. The largest absolute Gasteiger partial charge is 0.368 e. The van der Waals surface area contributed by atoms with Crippen molar-refractivity contribution in [3.63, 3.8) is 0 Å². The molecule has 1 aromatic heterocycles. The number of rotatable bonds is 4. The van der Waals surface area contributed by atoms with E-state index in [0.29, 0.717) is 0 Å². The van der Waals surface area contributed by atoms with Crippen molar-refractivity contribution in [1.82, 2.24) is 15.1 Å². The van der Waals surface area contributed by atoms with Crippen molar-refractivity contribution < 1.29 is 4.79 Å². The molecular weight excluding hydrogens is 295 g/mol. The van der Waals surface area contributed by atoms with Crippen molar-refractivity contribution in [3.05, 3.63) is 16.0 Å². The van der Waals surface area contributed by atoms with E-state index in [1.54, 1.807) is 17.9 Å². The summed E-state index contributed by atoms with van der Waals surface area (Å²) >= 11 is 2.17. The molecule has 0 spiro atoms. The molecular formula is C8H13IN4O. The van der Waals surface area contributed by atoms with Gasteiger partial charge in [0.2, 0.25) is 5.91 Å². The first-order chi connectivity index (χ1) is 6.56. The molecule has 5 nitrogen and oxygen atoms in total. The van der Waals surface area contributed by atoms with Crippen molar-refractivity contribution >= 4 is 28.5 Å². The Kier molecular flexibility index (Phi) is 3.87. The lowest BCUT2D eigenvalue weighted by Gasteiger charge is -2.20. The Morgan fingerprint density at radius 1 is 1.79 bits per heavy atom. The minimum absolute atomic E-state index is 0.0824. The lowest BCUT2D eigenvalue weighted by Crippen LogP contribution is -2.44. The SMILES string of the molecule is CNC(C(N)=O)C(C)n1cc(I)cn1. The zero-order valence-corrected chi connectivity index (χ0v) is 10.2. The topological polar surface area (TPSA) is 72.9 Å². The van der Waals surface area contributed by atoms with Crippen LogP contribution in [0.15, 0.2) is 12.4 Å². The van der Waals surface area contributed by atoms with Gasteiger partial charge in [-0.2, -0.15) is 5.10 Å². The van der Waals surface area contributed by atoms with Crippen LogP contribution in [0, 0.1) is 3.57 Å². The molecule has 0 saturated carbocycles. The molecule has 0 fully saturated rings. The summed E-state index contributed by atoms with van der Waals surface area (Å²) < 4.78 is 2.77. The molecule has 3 N–H and O–H groups in total. The van der Waals surface area contributed by atoms with Crippen molar-refractivity contribution in [2.24, 2.45) is 5.73 Å². The number of hydrogen-bond donors (Lipinski definition) is 2. The molecule has 0 radical (unpaired) electrons. The number of carbonyl (C=O) groups excluding carboxylic acids is 1. The third kappa shape index (κ3) is 2.44. The van der Waals surface area contributed by atoms with Crippen LogP contribution in [0.4, 0.5) is 0 Å². The summed E-state index contributed by atoms with van der Waals surface area (Å²) in [5.74, 6) is -0.370. The number of primary amides is 1. The van der Waals surface area contributed by atoms with E-state index in [1.165, 1.54) is 0 Å². The molecule has 1 heterocycles. The van der Waals surface area contributed by atoms with Gasteiger partial charge in [-0.15, -0.1) is 0 Å². The number of hydrogen-bond acceptors (Lipinski definition) is 3. The van der Waals surface area contributed by atoms with Gasteiger partial charge in [-0.25, -0.2) is 0 Å². The smallest absolute Gasteiger partial charge is 0.236 e. The zero-order valence-electron chi connectivity index (χ0n) is 8.07. The van der Waals surface area contributed by atoms with Gasteiger partial charge in [0.1, 0.15) is 6.04 Å². The van der Waals surface area contributed by atoms with E-state index in [1.807, 2.05) is 13.1 Å². The van der Waals surface area contributed by atoms with Crippen LogP contribution < -0.4 is 11.1 Å². The summed E-state index contributed by atoms with van der Waals surface area (Å²) in [6.07, 6.45) is 3.61. The van der Waals surface area contributed by atoms with Gasteiger partial charge in [0, 0.05) is 6.20 Å². The predicted molar refractivity (Wildman–Crippen MR) is 61.7 cm³/mol. The monoisotopic (exact) mass is 308 g/mol. The number of nitrogens with zero attached hydrogens (tertiary/aromatic N) is 2. The second-order valence-corrected chi connectivity index (χ2v) is 4.29. The van der Waals surface area contributed by atoms with Gasteiger partial charge in [0.05, 0.1) is 15.8 Å². The van der Waals surface area contributed by atoms with Gasteiger partial charge in [-0.05, 0) is 36.6 Å². The number of aromatic nitrogens is 2. The van der Waals surface area contributed by atoms with Crippen LogP contribution in [0.3, 0.4) is 0 Å². The summed E-state index contributed by atoms with van der Waals surface area (Å²) in [7, 11) is 1.71. The van der Waals surface area contributed by atoms with Crippen LogP contribution in [0.2, 0.25) is 0 Å². The van der Waals surface area contributed by atoms with E-state index in [-0.39, 0.29) is 11.9 Å². The average molecular weight is 308 g/mol. The Balaban J connectivity index is 2.82. The van der Waals surface area contributed by atoms with Crippen LogP contribution in [0.5, 0.6) is 0 Å². The standard InChI is InChI=1S/C8H13IN4O/c1-5(7(11-2)8(10)14)13-4-6(9)3-12-13/h3-5,7,11H,1-2H3,(H2,10,14). The van der Waals surface area contributed by atoms with E-state index < -0.39 is 6.04 Å². The molecule has 78 valence electrons. The molecule has 0 aromatic carbocycles. The quantitative estimate of drug-likeness (QED) is 0.776. The van der Waals surface area contributed by atoms with Crippen molar-refractivity contribution in [1.29, 1.82) is 0 Å². The number of nitrogens with two attached hydrogens (primary N) is 1. The molecule has 0 aliphatic rings. The highest BCUT2D eigenvalue weighted by atomic mass is 127. The summed E-state index contributed by atoms with van der Waals surface area (Å²) in [4.78, 5) is 11.1. The first-order valence-corrected chi connectivity index (χ1v) is 5.30. The summed E-state index contributed by atoms with van der Waals surface area (Å²) in [5, 5.41) is 7.00. The van der Waals surface area contributed by atoms with E-state index in [9.17, 15) is 4.79 Å². The molecule has 1 rings (SSSR count). The normalized spacial score (nSPS) is 15.1. The molecule has 0 saturated heterocycles. The average Bonchev–Trinajstić information content (AvgIpc) is 2.52. The third-order valence-electron chi connectivity index (χ3n) is 2.09. The van der Waals surface area contributed by atoms with E-state index in [0.717, 1.165) is 3.57 Å². The van der Waals surface area contributed by atoms with Crippen molar-refractivity contribution in [2.75, 3.05) is 7.05 Å². The van der Waals surface area contributed by atoms with Crippen LogP contribution in [-0.2, 0) is 4.79 Å². The minimum atomic E-state index is -0.398. The Bertz CT molecular complexity index is 325. The molecule has 0 bridgehead atoms. The van der Waals surface area contributed by atoms with Crippen LogP contribution >= 0.6 is 22.6 Å². The van der Waals surface area contributed by atoms with Crippen molar-refractivity contribution in [3.8, 4) is 0 Å². The van der Waals surface area contributed by atoms with Crippen LogP contribution in [0.1, 0.15) is 13.0 Å². The molecule has 14 heavy (non-hydrogen) atoms. The van der Waals surface area contributed by atoms with E-state index in [2.05, 4.69) is 33.0 Å². The van der Waals surface area contributed by atoms with Gasteiger partial charge in [0.25, 0.3) is 0 Å². The molecule has 1 amide bonds. The maximum atomic E-state index is 11.1. The van der Waals surface area contributed by atoms with Crippen LogP contribution in [-0.4, -0.2) is 28.8 Å². The Morgan fingerprint density at radius 3 is 2.79 bits per heavy atom. The number of nitrogens with one attached hydrogen (secondary N) is 1. The fraction of sp³-hybridized carbons (Fsp3) is 0.500. The summed E-state index contributed by atoms with van der Waals surface area (Å²) in [6.45, 7) is 1.90. The number of halogens is 1. The molecule has 0 aliphatic heterocycles. The second kappa shape index (κ2) is 4.74.